The SMILES string of the molecule is NCC(O)C(O)c1ccccc1NN. The first-order valence-electron chi connectivity index (χ1n) is 4.32. The molecule has 2 atom stereocenters. The maximum absolute atomic E-state index is 9.68. The minimum absolute atomic E-state index is 0.0000718. The molecule has 7 N–H and O–H groups in total. The van der Waals surface area contributed by atoms with E-state index in [2.05, 4.69) is 5.43 Å². The van der Waals surface area contributed by atoms with E-state index >= 15 is 0 Å². The maximum Gasteiger partial charge on any atom is 0.108 e. The number of hydrazine groups is 1. The van der Waals surface area contributed by atoms with Crippen LogP contribution in [0.1, 0.15) is 11.7 Å². The Morgan fingerprint density at radius 3 is 2.50 bits per heavy atom. The van der Waals surface area contributed by atoms with Crippen LogP contribution in [0.5, 0.6) is 0 Å². The Hall–Kier alpha value is -1.14. The minimum Gasteiger partial charge on any atom is -0.389 e. The molecule has 0 aromatic heterocycles. The van der Waals surface area contributed by atoms with Gasteiger partial charge in [-0.15, -0.1) is 0 Å². The van der Waals surface area contributed by atoms with E-state index in [4.69, 9.17) is 11.6 Å². The zero-order chi connectivity index (χ0) is 10.6. The number of nitrogens with two attached hydrogens (primary N) is 2. The fraction of sp³-hybridized carbons (Fsp3) is 0.333. The van der Waals surface area contributed by atoms with Crippen molar-refractivity contribution in [3.8, 4) is 0 Å². The predicted molar refractivity (Wildman–Crippen MR) is 54.3 cm³/mol. The first-order valence-corrected chi connectivity index (χ1v) is 4.32. The monoisotopic (exact) mass is 197 g/mol. The van der Waals surface area contributed by atoms with Gasteiger partial charge in [-0.3, -0.25) is 5.84 Å². The highest BCUT2D eigenvalue weighted by Gasteiger charge is 2.18. The van der Waals surface area contributed by atoms with E-state index in [0.29, 0.717) is 11.3 Å². The Bertz CT molecular complexity index is 293. The highest BCUT2D eigenvalue weighted by Crippen LogP contribution is 2.23. The summed E-state index contributed by atoms with van der Waals surface area (Å²) in [6.07, 6.45) is -2.00. The molecule has 14 heavy (non-hydrogen) atoms. The number of anilines is 1. The van der Waals surface area contributed by atoms with Gasteiger partial charge in [0.05, 0.1) is 11.8 Å². The molecule has 0 saturated heterocycles. The number of rotatable bonds is 4. The fourth-order valence-corrected chi connectivity index (χ4v) is 1.22. The Morgan fingerprint density at radius 1 is 1.29 bits per heavy atom. The lowest BCUT2D eigenvalue weighted by molar-refractivity contribution is 0.0247. The van der Waals surface area contributed by atoms with Crippen LogP contribution in [0.3, 0.4) is 0 Å². The number of nitrogens with one attached hydrogen (secondary N) is 1. The van der Waals surface area contributed by atoms with Gasteiger partial charge < -0.3 is 21.4 Å². The summed E-state index contributed by atoms with van der Waals surface area (Å²) in [6, 6.07) is 6.92. The summed E-state index contributed by atoms with van der Waals surface area (Å²) in [5, 5.41) is 19.0. The molecule has 0 fully saturated rings. The van der Waals surface area contributed by atoms with E-state index < -0.39 is 12.2 Å². The fourth-order valence-electron chi connectivity index (χ4n) is 1.22. The molecule has 0 aliphatic carbocycles. The number of hydrogen-bond acceptors (Lipinski definition) is 5. The topological polar surface area (TPSA) is 105 Å². The van der Waals surface area contributed by atoms with Crippen LogP contribution in [0.25, 0.3) is 0 Å². The number of benzene rings is 1. The van der Waals surface area contributed by atoms with Gasteiger partial charge in [-0.05, 0) is 6.07 Å². The highest BCUT2D eigenvalue weighted by atomic mass is 16.3. The predicted octanol–water partition coefficient (Wildman–Crippen LogP) is -0.675. The highest BCUT2D eigenvalue weighted by molar-refractivity contribution is 5.51. The summed E-state index contributed by atoms with van der Waals surface area (Å²) < 4.78 is 0. The largest absolute Gasteiger partial charge is 0.389 e. The molecule has 5 nitrogen and oxygen atoms in total. The van der Waals surface area contributed by atoms with Gasteiger partial charge >= 0.3 is 0 Å². The number of aliphatic hydroxyl groups excluding tert-OH is 2. The molecule has 0 aliphatic heterocycles. The van der Waals surface area contributed by atoms with Crippen molar-refractivity contribution < 1.29 is 10.2 Å². The molecule has 0 amide bonds. The standard InChI is InChI=1S/C9H15N3O2/c10-5-8(13)9(14)6-3-1-2-4-7(6)12-11/h1-4,8-9,12-14H,5,10-11H2. The third-order valence-corrected chi connectivity index (χ3v) is 2.04. The molecule has 0 radical (unpaired) electrons. The third kappa shape index (κ3) is 2.21. The van der Waals surface area contributed by atoms with E-state index in [9.17, 15) is 10.2 Å². The van der Waals surface area contributed by atoms with Crippen molar-refractivity contribution in [1.82, 2.24) is 0 Å². The quantitative estimate of drug-likeness (QED) is 0.325. The van der Waals surface area contributed by atoms with E-state index in [1.54, 1.807) is 24.3 Å². The number of aliphatic hydroxyl groups is 2. The molecule has 0 spiro atoms. The molecule has 0 aliphatic rings. The van der Waals surface area contributed by atoms with Gasteiger partial charge in [0.15, 0.2) is 0 Å². The molecule has 1 aromatic rings. The second-order valence-corrected chi connectivity index (χ2v) is 2.98. The molecular weight excluding hydrogens is 182 g/mol. The lowest BCUT2D eigenvalue weighted by atomic mass is 10.0. The van der Waals surface area contributed by atoms with Gasteiger partial charge in [0.1, 0.15) is 6.10 Å². The van der Waals surface area contributed by atoms with E-state index in [1.807, 2.05) is 0 Å². The smallest absolute Gasteiger partial charge is 0.108 e. The van der Waals surface area contributed by atoms with Crippen LogP contribution in [-0.4, -0.2) is 22.9 Å². The average molecular weight is 197 g/mol. The van der Waals surface area contributed by atoms with Gasteiger partial charge in [0.2, 0.25) is 0 Å². The van der Waals surface area contributed by atoms with Crippen molar-refractivity contribution >= 4 is 5.69 Å². The number of nitrogen functional groups attached to an aromatic ring is 1. The van der Waals surface area contributed by atoms with Gasteiger partial charge in [-0.25, -0.2) is 0 Å². The summed E-state index contributed by atoms with van der Waals surface area (Å²) in [5.41, 5.74) is 8.80. The Balaban J connectivity index is 2.93. The van der Waals surface area contributed by atoms with E-state index in [0.717, 1.165) is 0 Å². The summed E-state index contributed by atoms with van der Waals surface area (Å²) in [7, 11) is 0. The summed E-state index contributed by atoms with van der Waals surface area (Å²) in [4.78, 5) is 0. The summed E-state index contributed by atoms with van der Waals surface area (Å²) >= 11 is 0. The van der Waals surface area contributed by atoms with Crippen LogP contribution in [0.2, 0.25) is 0 Å². The van der Waals surface area contributed by atoms with E-state index in [-0.39, 0.29) is 6.54 Å². The first kappa shape index (κ1) is 10.9. The second-order valence-electron chi connectivity index (χ2n) is 2.98. The van der Waals surface area contributed by atoms with Gasteiger partial charge in [0.25, 0.3) is 0 Å². The molecule has 2 unspecified atom stereocenters. The second kappa shape index (κ2) is 4.92. The zero-order valence-corrected chi connectivity index (χ0v) is 7.72. The average Bonchev–Trinajstić information content (AvgIpc) is 2.26. The number of hydrogen-bond donors (Lipinski definition) is 5. The minimum atomic E-state index is -1.02. The molecule has 0 bridgehead atoms. The molecule has 0 saturated carbocycles. The van der Waals surface area contributed by atoms with Crippen molar-refractivity contribution in [3.05, 3.63) is 29.8 Å². The van der Waals surface area contributed by atoms with Crippen LogP contribution < -0.4 is 17.0 Å². The zero-order valence-electron chi connectivity index (χ0n) is 7.72. The molecule has 1 rings (SSSR count). The first-order chi connectivity index (χ1) is 6.70. The van der Waals surface area contributed by atoms with Crippen molar-refractivity contribution in [3.63, 3.8) is 0 Å². The summed E-state index contributed by atoms with van der Waals surface area (Å²) in [5.74, 6) is 5.26. The van der Waals surface area contributed by atoms with Gasteiger partial charge in [-0.2, -0.15) is 0 Å². The lowest BCUT2D eigenvalue weighted by Crippen LogP contribution is -2.28. The van der Waals surface area contributed by atoms with Crippen LogP contribution in [-0.2, 0) is 0 Å². The molecule has 0 heterocycles. The van der Waals surface area contributed by atoms with Crippen LogP contribution in [0, 0.1) is 0 Å². The van der Waals surface area contributed by atoms with Crippen LogP contribution in [0.15, 0.2) is 24.3 Å². The van der Waals surface area contributed by atoms with Gasteiger partial charge in [0, 0.05) is 12.1 Å². The molecular formula is C9H15N3O2. The lowest BCUT2D eigenvalue weighted by Gasteiger charge is -2.18. The third-order valence-electron chi connectivity index (χ3n) is 2.04. The van der Waals surface area contributed by atoms with E-state index in [1.165, 1.54) is 0 Å². The Labute approximate surface area is 82.3 Å². The number of para-hydroxylation sites is 1. The van der Waals surface area contributed by atoms with Crippen molar-refractivity contribution in [2.45, 2.75) is 12.2 Å². The van der Waals surface area contributed by atoms with Crippen molar-refractivity contribution in [2.75, 3.05) is 12.0 Å². The van der Waals surface area contributed by atoms with Crippen molar-refractivity contribution in [2.24, 2.45) is 11.6 Å². The molecule has 78 valence electrons. The van der Waals surface area contributed by atoms with Crippen LogP contribution >= 0.6 is 0 Å². The Kier molecular flexibility index (Phi) is 3.84. The molecule has 5 heteroatoms. The van der Waals surface area contributed by atoms with Gasteiger partial charge in [-0.1, -0.05) is 18.2 Å². The molecule has 1 aromatic carbocycles. The van der Waals surface area contributed by atoms with Crippen molar-refractivity contribution in [1.29, 1.82) is 0 Å². The normalized spacial score (nSPS) is 14.9. The maximum atomic E-state index is 9.68. The summed E-state index contributed by atoms with van der Waals surface area (Å²) in [6.45, 7) is 0.0000718. The Morgan fingerprint density at radius 2 is 1.93 bits per heavy atom. The van der Waals surface area contributed by atoms with Crippen LogP contribution in [0.4, 0.5) is 5.69 Å².